The SMILES string of the molecule is CC1=CCC(C)CC1.CC1=CCC(C)CC1.CC1=CCC(C2CCC(C)CC2)CC1.CC1CC=C(C2CCC(C)CC2)CC1.CC1CCC(C)CC1.Cc1cc2ccc(C)c(F)c2c(F)c1F.Cc1cc2ccc(C)c(F)c2c(F)c1F.N.[HH].[HH]. The van der Waals surface area contributed by atoms with Crippen molar-refractivity contribution in [3.8, 4) is 0 Å². The summed E-state index contributed by atoms with van der Waals surface area (Å²) >= 11 is 0. The molecule has 4 atom stereocenters. The molecule has 83 heavy (non-hydrogen) atoms. The first kappa shape index (κ1) is 71.4. The molecule has 3 N–H and O–H groups in total. The van der Waals surface area contributed by atoms with E-state index in [4.69, 9.17) is 0 Å². The normalized spacial score (nSPS) is 26.8. The van der Waals surface area contributed by atoms with Gasteiger partial charge in [0.2, 0.25) is 0 Å². The molecule has 4 aromatic rings. The summed E-state index contributed by atoms with van der Waals surface area (Å²) in [6.45, 7) is 29.3. The van der Waals surface area contributed by atoms with Gasteiger partial charge in [-0.3, -0.25) is 0 Å². The molecule has 0 spiro atoms. The first-order chi connectivity index (χ1) is 38.9. The Labute approximate surface area is 505 Å². The summed E-state index contributed by atoms with van der Waals surface area (Å²) in [6.07, 6.45) is 44.1. The first-order valence-corrected chi connectivity index (χ1v) is 32.6. The molecule has 0 radical (unpaired) electrons. The van der Waals surface area contributed by atoms with Gasteiger partial charge < -0.3 is 6.15 Å². The van der Waals surface area contributed by atoms with Gasteiger partial charge in [0.05, 0.1) is 10.8 Å². The second-order valence-corrected chi connectivity index (χ2v) is 27.7. The zero-order chi connectivity index (χ0) is 60.2. The van der Waals surface area contributed by atoms with Gasteiger partial charge >= 0.3 is 0 Å². The van der Waals surface area contributed by atoms with E-state index >= 15 is 0 Å². The van der Waals surface area contributed by atoms with Crippen LogP contribution in [0, 0.1) is 122 Å². The molecule has 7 heteroatoms. The van der Waals surface area contributed by atoms with Gasteiger partial charge in [-0.2, -0.15) is 0 Å². The van der Waals surface area contributed by atoms with E-state index in [1.54, 1.807) is 41.0 Å². The van der Waals surface area contributed by atoms with Crippen LogP contribution in [-0.4, -0.2) is 0 Å². The van der Waals surface area contributed by atoms with Gasteiger partial charge in [-0.25, -0.2) is 26.3 Å². The maximum atomic E-state index is 13.6. The number of benzene rings is 4. The number of halogens is 6. The van der Waals surface area contributed by atoms with Crippen molar-refractivity contribution in [3.05, 3.63) is 140 Å². The molecule has 1 nitrogen and oxygen atoms in total. The summed E-state index contributed by atoms with van der Waals surface area (Å²) in [5.41, 5.74) is 7.60. The van der Waals surface area contributed by atoms with Crippen LogP contribution in [0.2, 0.25) is 0 Å². The lowest BCUT2D eigenvalue weighted by molar-refractivity contribution is 0.200. The fourth-order valence-corrected chi connectivity index (χ4v) is 13.0. The Hall–Kier alpha value is -4.10. The van der Waals surface area contributed by atoms with E-state index in [2.05, 4.69) is 93.5 Å². The van der Waals surface area contributed by atoms with E-state index in [9.17, 15) is 26.3 Å². The van der Waals surface area contributed by atoms with Crippen molar-refractivity contribution >= 4 is 21.5 Å². The van der Waals surface area contributed by atoms with Crippen molar-refractivity contribution in [1.29, 1.82) is 0 Å². The average molecular weight is 1160 g/mol. The molecule has 4 aromatic carbocycles. The van der Waals surface area contributed by atoms with Crippen LogP contribution in [0.3, 0.4) is 0 Å². The molecule has 3 saturated carbocycles. The third-order valence-corrected chi connectivity index (χ3v) is 19.8. The van der Waals surface area contributed by atoms with Gasteiger partial charge in [0.15, 0.2) is 23.3 Å². The number of fused-ring (bicyclic) bond motifs is 2. The molecule has 468 valence electrons. The minimum atomic E-state index is -1.11. The van der Waals surface area contributed by atoms with Crippen molar-refractivity contribution in [2.24, 2.45) is 59.2 Å². The maximum Gasteiger partial charge on any atom is 0.169 e. The Kier molecular flexibility index (Phi) is 30.5. The fraction of sp³-hybridized carbons (Fsp3) is 0.632. The Morgan fingerprint density at radius 3 is 0.976 bits per heavy atom. The summed E-state index contributed by atoms with van der Waals surface area (Å²) in [6, 6.07) is 9.15. The topological polar surface area (TPSA) is 35.0 Å². The third kappa shape index (κ3) is 22.9. The smallest absolute Gasteiger partial charge is 0.169 e. The molecule has 0 heterocycles. The predicted molar refractivity (Wildman–Crippen MR) is 351 cm³/mol. The van der Waals surface area contributed by atoms with E-state index in [1.165, 1.54) is 194 Å². The van der Waals surface area contributed by atoms with Crippen LogP contribution >= 0.6 is 0 Å². The van der Waals surface area contributed by atoms with Crippen LogP contribution in [-0.2, 0) is 0 Å². The summed E-state index contributed by atoms with van der Waals surface area (Å²) in [5.74, 6) is 4.39. The Bertz CT molecular complexity index is 2610. The third-order valence-electron chi connectivity index (χ3n) is 19.8. The molecule has 7 aliphatic carbocycles. The fourth-order valence-electron chi connectivity index (χ4n) is 13.0. The number of hydrogen-bond acceptors (Lipinski definition) is 1. The number of rotatable bonds is 2. The van der Waals surface area contributed by atoms with Crippen LogP contribution in [0.15, 0.2) is 83.0 Å². The van der Waals surface area contributed by atoms with E-state index in [1.807, 2.05) is 5.57 Å². The lowest BCUT2D eigenvalue weighted by atomic mass is 9.72. The lowest BCUT2D eigenvalue weighted by Crippen LogP contribution is -2.22. The summed E-state index contributed by atoms with van der Waals surface area (Å²) in [4.78, 5) is 0. The zero-order valence-electron chi connectivity index (χ0n) is 54.5. The molecular weight excluding hydrogens is 1040 g/mol. The van der Waals surface area contributed by atoms with Crippen LogP contribution in [0.4, 0.5) is 26.3 Å². The minimum absolute atomic E-state index is 0. The zero-order valence-corrected chi connectivity index (χ0v) is 54.5. The maximum absolute atomic E-state index is 13.6. The highest BCUT2D eigenvalue weighted by Gasteiger charge is 2.27. The Balaban J connectivity index is 0.000000342. The van der Waals surface area contributed by atoms with E-state index in [-0.39, 0.29) is 30.9 Å². The molecular formula is C76H117F6N. The highest BCUT2D eigenvalue weighted by Crippen LogP contribution is 2.40. The van der Waals surface area contributed by atoms with Gasteiger partial charge in [-0.05, 0) is 256 Å². The molecule has 0 bridgehead atoms. The second kappa shape index (κ2) is 35.5. The van der Waals surface area contributed by atoms with Crippen molar-refractivity contribution in [2.75, 3.05) is 0 Å². The first-order valence-electron chi connectivity index (χ1n) is 32.6. The average Bonchev–Trinajstić information content (AvgIpc) is 1.86. The van der Waals surface area contributed by atoms with Crippen molar-refractivity contribution < 1.29 is 29.2 Å². The molecule has 0 aliphatic heterocycles. The Morgan fingerprint density at radius 1 is 0.313 bits per heavy atom. The number of hydrogen-bond donors (Lipinski definition) is 1. The summed E-state index contributed by atoms with van der Waals surface area (Å²) < 4.78 is 80.6. The molecule has 7 aliphatic rings. The van der Waals surface area contributed by atoms with Gasteiger partial charge in [0, 0.05) is 2.85 Å². The van der Waals surface area contributed by atoms with Crippen molar-refractivity contribution in [3.63, 3.8) is 0 Å². The van der Waals surface area contributed by atoms with E-state index < -0.39 is 34.9 Å². The number of aryl methyl sites for hydroxylation is 4. The van der Waals surface area contributed by atoms with Gasteiger partial charge in [-0.15, -0.1) is 0 Å². The minimum Gasteiger partial charge on any atom is -0.344 e. The summed E-state index contributed by atoms with van der Waals surface area (Å²) in [7, 11) is 0. The van der Waals surface area contributed by atoms with Gasteiger partial charge in [-0.1, -0.05) is 171 Å². The number of allylic oxidation sites excluding steroid dienone is 8. The molecule has 4 unspecified atom stereocenters. The molecule has 0 aromatic heterocycles. The lowest BCUT2D eigenvalue weighted by Gasteiger charge is -2.34. The van der Waals surface area contributed by atoms with E-state index in [0.29, 0.717) is 21.9 Å². The molecule has 11 rings (SSSR count). The standard InChI is InChI=1S/2C14H24.2C12H9F3.C8H16.2C8H14.H3N.2H2/c2*1-11-3-7-13(8-4-11)14-9-5-12(2)6-10-14;2*1-6-3-4-8-5-7(2)11(14)12(15)9(8)10(6)13;3*1-7-3-5-8(2)6-4-7;;;/h7,11-12,14H,3-6,8-10H2,1-2H3;3,12-14H,4-10H2,1-2H3;2*3-5H,1-2H3;7-8H,3-6H2,1-2H3;2*3,8H,4-6H2,1-2H3;1H3;2*1H. The molecule has 3 fully saturated rings. The molecule has 0 saturated heterocycles. The Morgan fingerprint density at radius 2 is 0.651 bits per heavy atom. The largest absolute Gasteiger partial charge is 0.344 e. The van der Waals surface area contributed by atoms with E-state index in [0.717, 1.165) is 59.2 Å². The highest BCUT2D eigenvalue weighted by atomic mass is 19.2. The van der Waals surface area contributed by atoms with Crippen molar-refractivity contribution in [1.82, 2.24) is 6.15 Å². The quantitative estimate of drug-likeness (QED) is 0.158. The predicted octanol–water partition coefficient (Wildman–Crippen LogP) is 25.9. The van der Waals surface area contributed by atoms with Gasteiger partial charge in [0.1, 0.15) is 11.6 Å². The van der Waals surface area contributed by atoms with Crippen LogP contribution in [0.1, 0.15) is 248 Å². The van der Waals surface area contributed by atoms with Crippen LogP contribution in [0.25, 0.3) is 21.5 Å². The van der Waals surface area contributed by atoms with Crippen molar-refractivity contribution in [2.45, 2.75) is 251 Å². The second-order valence-electron chi connectivity index (χ2n) is 27.7. The van der Waals surface area contributed by atoms with Gasteiger partial charge in [0.25, 0.3) is 0 Å². The van der Waals surface area contributed by atoms with Crippen LogP contribution < -0.4 is 6.15 Å². The van der Waals surface area contributed by atoms with Crippen LogP contribution in [0.5, 0.6) is 0 Å². The highest BCUT2D eigenvalue weighted by molar-refractivity contribution is 5.86. The monoisotopic (exact) mass is 1160 g/mol. The summed E-state index contributed by atoms with van der Waals surface area (Å²) in [5, 5.41) is 0.236. The molecule has 0 amide bonds.